The molecule has 1 aromatic carbocycles. The van der Waals surface area contributed by atoms with Crippen molar-refractivity contribution in [3.63, 3.8) is 0 Å². The van der Waals surface area contributed by atoms with Crippen molar-refractivity contribution < 1.29 is 8.42 Å². The van der Waals surface area contributed by atoms with Gasteiger partial charge >= 0.3 is 0 Å². The predicted molar refractivity (Wildman–Crippen MR) is 106 cm³/mol. The molecule has 0 atom stereocenters. The van der Waals surface area contributed by atoms with Gasteiger partial charge in [0.2, 0.25) is 0 Å². The summed E-state index contributed by atoms with van der Waals surface area (Å²) < 4.78 is 25.9. The zero-order chi connectivity index (χ0) is 18.9. The smallest absolute Gasteiger partial charge is 0.274 e. The van der Waals surface area contributed by atoms with Gasteiger partial charge in [0.1, 0.15) is 5.52 Å². The molecule has 140 valence electrons. The molecule has 7 heteroatoms. The molecule has 5 rings (SSSR count). The highest BCUT2D eigenvalue weighted by Crippen LogP contribution is 2.43. The van der Waals surface area contributed by atoms with Gasteiger partial charge in [-0.1, -0.05) is 0 Å². The highest BCUT2D eigenvalue weighted by Gasteiger charge is 2.30. The van der Waals surface area contributed by atoms with Crippen molar-refractivity contribution in [3.05, 3.63) is 46.5 Å². The Hall–Kier alpha value is -2.54. The maximum absolute atomic E-state index is 12.6. The van der Waals surface area contributed by atoms with Crippen LogP contribution < -0.4 is 10.5 Å². The number of aromatic nitrogens is 2. The van der Waals surface area contributed by atoms with E-state index < -0.39 is 9.84 Å². The monoisotopic (exact) mass is 383 g/mol. The van der Waals surface area contributed by atoms with Gasteiger partial charge in [-0.15, -0.1) is 0 Å². The maximum atomic E-state index is 12.6. The van der Waals surface area contributed by atoms with E-state index in [-0.39, 0.29) is 5.56 Å². The Morgan fingerprint density at radius 1 is 1.22 bits per heavy atom. The van der Waals surface area contributed by atoms with E-state index in [1.165, 1.54) is 19.1 Å². The zero-order valence-electron chi connectivity index (χ0n) is 15.3. The molecule has 1 aliphatic carbocycles. The number of rotatable bonds is 3. The standard InChI is InChI=1S/C20H21N3O3S/c1-22-11-16-15-7-14(27(2,25)26)5-6-17(15)23(9-12-3-4-12)10-13-8-21-19(18(13)16)20(22)24/h5-8,11-12,21H,3-4,9-10H2,1-2H3. The maximum Gasteiger partial charge on any atom is 0.274 e. The summed E-state index contributed by atoms with van der Waals surface area (Å²) in [5.41, 5.74) is 4.39. The average Bonchev–Trinajstić information content (AvgIpc) is 3.35. The molecule has 2 aromatic heterocycles. The molecule has 0 spiro atoms. The SMILES string of the molecule is Cn1cc2c3c(c[nH]c3c1=O)CN(CC1CC1)c1ccc(S(C)(=O)=O)cc1-2. The number of nitrogens with zero attached hydrogens (tertiary/aromatic N) is 2. The first kappa shape index (κ1) is 16.6. The summed E-state index contributed by atoms with van der Waals surface area (Å²) in [7, 11) is -1.59. The lowest BCUT2D eigenvalue weighted by molar-refractivity contribution is 0.602. The largest absolute Gasteiger partial charge is 0.366 e. The fraction of sp³-hybridized carbons (Fsp3) is 0.350. The second-order valence-electron chi connectivity index (χ2n) is 7.80. The Balaban J connectivity index is 1.85. The molecular weight excluding hydrogens is 362 g/mol. The number of aryl methyl sites for hydroxylation is 1. The van der Waals surface area contributed by atoms with Crippen molar-refractivity contribution in [1.29, 1.82) is 0 Å². The van der Waals surface area contributed by atoms with Gasteiger partial charge in [0, 0.05) is 61.0 Å². The van der Waals surface area contributed by atoms with Crippen LogP contribution in [0.3, 0.4) is 0 Å². The summed E-state index contributed by atoms with van der Waals surface area (Å²) in [6, 6.07) is 5.36. The number of pyridine rings is 1. The first-order valence-corrected chi connectivity index (χ1v) is 11.0. The predicted octanol–water partition coefficient (Wildman–Crippen LogP) is 2.67. The fourth-order valence-electron chi connectivity index (χ4n) is 4.07. The number of fused-ring (bicyclic) bond motifs is 2. The van der Waals surface area contributed by atoms with Gasteiger partial charge in [-0.25, -0.2) is 8.42 Å². The third-order valence-electron chi connectivity index (χ3n) is 5.65. The number of anilines is 1. The molecule has 2 aliphatic rings. The molecule has 0 bridgehead atoms. The molecule has 0 saturated heterocycles. The Kier molecular flexibility index (Phi) is 3.37. The van der Waals surface area contributed by atoms with E-state index in [0.29, 0.717) is 22.9 Å². The molecule has 1 saturated carbocycles. The molecule has 27 heavy (non-hydrogen) atoms. The van der Waals surface area contributed by atoms with Gasteiger partial charge in [-0.05, 0) is 42.5 Å². The van der Waals surface area contributed by atoms with Crippen molar-refractivity contribution in [2.75, 3.05) is 17.7 Å². The fourth-order valence-corrected chi connectivity index (χ4v) is 4.71. The van der Waals surface area contributed by atoms with Crippen molar-refractivity contribution in [2.45, 2.75) is 24.3 Å². The summed E-state index contributed by atoms with van der Waals surface area (Å²) in [6.07, 6.45) is 7.45. The van der Waals surface area contributed by atoms with Crippen LogP contribution in [0, 0.1) is 5.92 Å². The minimum absolute atomic E-state index is 0.0727. The molecule has 1 N–H and O–H groups in total. The number of hydrogen-bond acceptors (Lipinski definition) is 4. The van der Waals surface area contributed by atoms with Crippen LogP contribution in [-0.2, 0) is 23.4 Å². The van der Waals surface area contributed by atoms with Crippen molar-refractivity contribution >= 4 is 26.4 Å². The highest BCUT2D eigenvalue weighted by atomic mass is 32.2. The van der Waals surface area contributed by atoms with Crippen molar-refractivity contribution in [1.82, 2.24) is 9.55 Å². The van der Waals surface area contributed by atoms with Gasteiger partial charge in [0.25, 0.3) is 5.56 Å². The molecule has 3 heterocycles. The Labute approximate surface area is 157 Å². The van der Waals surface area contributed by atoms with Crippen LogP contribution in [0.25, 0.3) is 22.0 Å². The molecule has 0 radical (unpaired) electrons. The van der Waals surface area contributed by atoms with E-state index in [1.54, 1.807) is 23.7 Å². The topological polar surface area (TPSA) is 75.2 Å². The average molecular weight is 383 g/mol. The van der Waals surface area contributed by atoms with Crippen LogP contribution in [0.1, 0.15) is 18.4 Å². The van der Waals surface area contributed by atoms with E-state index in [1.807, 2.05) is 18.5 Å². The summed E-state index contributed by atoms with van der Waals surface area (Å²) in [4.78, 5) is 18.3. The number of H-pyrrole nitrogens is 1. The molecule has 0 amide bonds. The minimum atomic E-state index is -3.32. The van der Waals surface area contributed by atoms with Crippen molar-refractivity contribution in [3.8, 4) is 11.1 Å². The van der Waals surface area contributed by atoms with Gasteiger partial charge in [-0.3, -0.25) is 4.79 Å². The van der Waals surface area contributed by atoms with E-state index >= 15 is 0 Å². The van der Waals surface area contributed by atoms with Crippen LogP contribution in [-0.4, -0.2) is 30.8 Å². The number of sulfone groups is 1. The van der Waals surface area contributed by atoms with Crippen LogP contribution in [0.4, 0.5) is 5.69 Å². The van der Waals surface area contributed by atoms with Gasteiger partial charge in [0.05, 0.1) is 4.90 Å². The van der Waals surface area contributed by atoms with Gasteiger partial charge in [0.15, 0.2) is 9.84 Å². The molecule has 6 nitrogen and oxygen atoms in total. The minimum Gasteiger partial charge on any atom is -0.366 e. The van der Waals surface area contributed by atoms with E-state index in [0.717, 1.165) is 34.3 Å². The summed E-state index contributed by atoms with van der Waals surface area (Å²) in [5, 5.41) is 0.906. The van der Waals surface area contributed by atoms with Crippen LogP contribution in [0.2, 0.25) is 0 Å². The van der Waals surface area contributed by atoms with Gasteiger partial charge in [-0.2, -0.15) is 0 Å². The normalized spacial score (nSPS) is 16.4. The number of hydrogen-bond donors (Lipinski definition) is 1. The quantitative estimate of drug-likeness (QED) is 0.755. The number of benzene rings is 1. The number of nitrogens with one attached hydrogen (secondary N) is 1. The van der Waals surface area contributed by atoms with E-state index in [9.17, 15) is 13.2 Å². The van der Waals surface area contributed by atoms with Gasteiger partial charge < -0.3 is 14.5 Å². The lowest BCUT2D eigenvalue weighted by atomic mass is 10.0. The summed E-state index contributed by atoms with van der Waals surface area (Å²) in [6.45, 7) is 1.66. The first-order chi connectivity index (χ1) is 12.8. The molecule has 1 fully saturated rings. The van der Waals surface area contributed by atoms with Crippen molar-refractivity contribution in [2.24, 2.45) is 13.0 Å². The first-order valence-electron chi connectivity index (χ1n) is 9.12. The number of aromatic amines is 1. The summed E-state index contributed by atoms with van der Waals surface area (Å²) >= 11 is 0. The highest BCUT2D eigenvalue weighted by molar-refractivity contribution is 7.90. The molecule has 0 unspecified atom stereocenters. The van der Waals surface area contributed by atoms with E-state index in [4.69, 9.17) is 0 Å². The van der Waals surface area contributed by atoms with Crippen LogP contribution in [0.5, 0.6) is 0 Å². The molecule has 3 aromatic rings. The Bertz CT molecular complexity index is 1250. The second-order valence-corrected chi connectivity index (χ2v) is 9.81. The van der Waals surface area contributed by atoms with Crippen LogP contribution >= 0.6 is 0 Å². The third kappa shape index (κ3) is 2.60. The lowest BCUT2D eigenvalue weighted by Gasteiger charge is -2.25. The Morgan fingerprint density at radius 3 is 2.70 bits per heavy atom. The molecule has 1 aliphatic heterocycles. The van der Waals surface area contributed by atoms with E-state index in [2.05, 4.69) is 9.88 Å². The Morgan fingerprint density at radius 2 is 2.00 bits per heavy atom. The summed E-state index contributed by atoms with van der Waals surface area (Å²) in [5.74, 6) is 0.689. The molecular formula is C20H21N3O3S. The zero-order valence-corrected chi connectivity index (χ0v) is 16.1. The lowest BCUT2D eigenvalue weighted by Crippen LogP contribution is -2.25. The third-order valence-corrected chi connectivity index (χ3v) is 6.76. The van der Waals surface area contributed by atoms with Crippen LogP contribution in [0.15, 0.2) is 40.3 Å². The second kappa shape index (κ2) is 5.48.